The first kappa shape index (κ1) is 8.88. The lowest BCUT2D eigenvalue weighted by molar-refractivity contribution is 0.477. The molecular weight excluding hydrogens is 174 g/mol. The summed E-state index contributed by atoms with van der Waals surface area (Å²) >= 11 is 0. The maximum Gasteiger partial charge on any atom is 0.132 e. The first-order valence-electron chi connectivity index (χ1n) is 4.58. The second-order valence-electron chi connectivity index (χ2n) is 3.56. The fourth-order valence-corrected chi connectivity index (χ4v) is 1.81. The van der Waals surface area contributed by atoms with Gasteiger partial charge in [-0.1, -0.05) is 12.7 Å². The van der Waals surface area contributed by atoms with Gasteiger partial charge < -0.3 is 10.1 Å². The third kappa shape index (κ3) is 1.04. The Balaban J connectivity index is 2.86. The summed E-state index contributed by atoms with van der Waals surface area (Å²) in [5, 5.41) is 9.90. The van der Waals surface area contributed by atoms with Gasteiger partial charge in [-0.15, -0.1) is 0 Å². The number of fused-ring (bicyclic) bond motifs is 1. The number of aromatic amines is 1. The highest BCUT2D eigenvalue weighted by Gasteiger charge is 2.18. The zero-order chi connectivity index (χ0) is 10.3. The quantitative estimate of drug-likeness (QED) is 0.707. The molecule has 0 saturated carbocycles. The van der Waals surface area contributed by atoms with Gasteiger partial charge in [-0.3, -0.25) is 0 Å². The summed E-state index contributed by atoms with van der Waals surface area (Å²) in [5.41, 5.74) is 4.84. The summed E-state index contributed by atoms with van der Waals surface area (Å²) < 4.78 is 0. The van der Waals surface area contributed by atoms with Crippen LogP contribution in [0.15, 0.2) is 18.8 Å². The molecule has 0 aromatic carbocycles. The second kappa shape index (κ2) is 2.91. The van der Waals surface area contributed by atoms with Crippen LogP contribution in [0.5, 0.6) is 5.75 Å². The standard InChI is InChI=1S/C12H13NO/c1-4-9-8(3)11-10(12(9)14)5-7(2)6-13-11/h4-6,13-14H,1H2,2-3H3. The number of aryl methyl sites for hydroxylation is 1. The van der Waals surface area contributed by atoms with E-state index in [-0.39, 0.29) is 0 Å². The highest BCUT2D eigenvalue weighted by molar-refractivity contribution is 5.83. The molecule has 1 aliphatic heterocycles. The Morgan fingerprint density at radius 3 is 2.79 bits per heavy atom. The highest BCUT2D eigenvalue weighted by atomic mass is 16.3. The van der Waals surface area contributed by atoms with Gasteiger partial charge in [0.25, 0.3) is 0 Å². The summed E-state index contributed by atoms with van der Waals surface area (Å²) in [6, 6.07) is 1.97. The van der Waals surface area contributed by atoms with E-state index in [0.717, 1.165) is 27.9 Å². The molecule has 2 rings (SSSR count). The smallest absolute Gasteiger partial charge is 0.132 e. The molecule has 0 bridgehead atoms. The van der Waals surface area contributed by atoms with Crippen molar-refractivity contribution >= 4 is 6.08 Å². The summed E-state index contributed by atoms with van der Waals surface area (Å²) in [7, 11) is 0. The molecule has 72 valence electrons. The zero-order valence-electron chi connectivity index (χ0n) is 8.39. The van der Waals surface area contributed by atoms with Crippen LogP contribution in [0.3, 0.4) is 0 Å². The van der Waals surface area contributed by atoms with Crippen molar-refractivity contribution in [3.8, 4) is 17.0 Å². The highest BCUT2D eigenvalue weighted by Crippen LogP contribution is 2.40. The summed E-state index contributed by atoms with van der Waals surface area (Å²) in [4.78, 5) is 3.18. The van der Waals surface area contributed by atoms with E-state index in [1.807, 2.05) is 26.1 Å². The molecule has 0 spiro atoms. The Bertz CT molecular complexity index is 468. The van der Waals surface area contributed by atoms with Crippen molar-refractivity contribution in [2.75, 3.05) is 0 Å². The number of H-pyrrole nitrogens is 1. The van der Waals surface area contributed by atoms with Crippen molar-refractivity contribution in [3.63, 3.8) is 0 Å². The molecule has 0 amide bonds. The molecule has 0 fully saturated rings. The van der Waals surface area contributed by atoms with E-state index < -0.39 is 0 Å². The number of hydrogen-bond donors (Lipinski definition) is 2. The first-order chi connectivity index (χ1) is 6.65. The van der Waals surface area contributed by atoms with Gasteiger partial charge in [0.05, 0.1) is 5.69 Å². The lowest BCUT2D eigenvalue weighted by Crippen LogP contribution is -1.84. The van der Waals surface area contributed by atoms with Crippen molar-refractivity contribution in [1.82, 2.24) is 4.98 Å². The predicted molar refractivity (Wildman–Crippen MR) is 58.6 cm³/mol. The molecule has 0 aromatic heterocycles. The molecule has 1 heterocycles. The Labute approximate surface area is 83.2 Å². The van der Waals surface area contributed by atoms with E-state index in [1.165, 1.54) is 0 Å². The minimum Gasteiger partial charge on any atom is -0.507 e. The van der Waals surface area contributed by atoms with E-state index in [0.29, 0.717) is 5.75 Å². The molecule has 14 heavy (non-hydrogen) atoms. The molecule has 1 aliphatic carbocycles. The van der Waals surface area contributed by atoms with Gasteiger partial charge in [-0.05, 0) is 31.0 Å². The Morgan fingerprint density at radius 2 is 2.14 bits per heavy atom. The average molecular weight is 187 g/mol. The largest absolute Gasteiger partial charge is 0.507 e. The number of nitrogens with one attached hydrogen (secondary N) is 1. The van der Waals surface area contributed by atoms with Crippen LogP contribution in [-0.2, 0) is 0 Å². The molecule has 2 aliphatic rings. The summed E-state index contributed by atoms with van der Waals surface area (Å²) in [5.74, 6) is 0.326. The normalized spacial score (nSPS) is 10.7. The molecular formula is C12H13NO. The lowest BCUT2D eigenvalue weighted by Gasteiger charge is -2.02. The predicted octanol–water partition coefficient (Wildman–Crippen LogP) is 3.08. The van der Waals surface area contributed by atoms with Crippen molar-refractivity contribution in [2.45, 2.75) is 13.8 Å². The fourth-order valence-electron chi connectivity index (χ4n) is 1.81. The SMILES string of the molecule is C=Cc1c(C)c2[nH]cc(C)cc-2c1O. The molecule has 0 saturated heterocycles. The number of hydrogen-bond acceptors (Lipinski definition) is 1. The average Bonchev–Trinajstić information content (AvgIpc) is 2.39. The van der Waals surface area contributed by atoms with Gasteiger partial charge in [0.15, 0.2) is 0 Å². The van der Waals surface area contributed by atoms with Crippen LogP contribution in [-0.4, -0.2) is 10.1 Å². The first-order valence-corrected chi connectivity index (χ1v) is 4.58. The lowest BCUT2D eigenvalue weighted by atomic mass is 10.1. The number of rotatable bonds is 1. The van der Waals surface area contributed by atoms with Crippen LogP contribution in [0.4, 0.5) is 0 Å². The third-order valence-electron chi connectivity index (χ3n) is 2.58. The zero-order valence-corrected chi connectivity index (χ0v) is 8.39. The van der Waals surface area contributed by atoms with E-state index in [9.17, 15) is 5.11 Å². The van der Waals surface area contributed by atoms with Crippen LogP contribution in [0.1, 0.15) is 16.7 Å². The Hall–Kier alpha value is -1.70. The molecule has 0 radical (unpaired) electrons. The number of aromatic nitrogens is 1. The van der Waals surface area contributed by atoms with Crippen molar-refractivity contribution in [1.29, 1.82) is 0 Å². The van der Waals surface area contributed by atoms with Crippen molar-refractivity contribution in [3.05, 3.63) is 35.5 Å². The van der Waals surface area contributed by atoms with Gasteiger partial charge >= 0.3 is 0 Å². The fraction of sp³-hybridized carbons (Fsp3) is 0.167. The van der Waals surface area contributed by atoms with Crippen LogP contribution in [0.2, 0.25) is 0 Å². The molecule has 0 aromatic rings. The van der Waals surface area contributed by atoms with Gasteiger partial charge in [0, 0.05) is 17.3 Å². The van der Waals surface area contributed by atoms with Gasteiger partial charge in [-0.2, -0.15) is 0 Å². The number of pyridine rings is 1. The molecule has 0 atom stereocenters. The van der Waals surface area contributed by atoms with E-state index in [2.05, 4.69) is 11.6 Å². The molecule has 0 unspecified atom stereocenters. The van der Waals surface area contributed by atoms with Crippen LogP contribution in [0, 0.1) is 13.8 Å². The monoisotopic (exact) mass is 187 g/mol. The van der Waals surface area contributed by atoms with E-state index in [1.54, 1.807) is 6.08 Å². The minimum atomic E-state index is 0.326. The summed E-state index contributed by atoms with van der Waals surface area (Å²) in [6.45, 7) is 7.66. The minimum absolute atomic E-state index is 0.326. The van der Waals surface area contributed by atoms with Crippen LogP contribution < -0.4 is 0 Å². The van der Waals surface area contributed by atoms with Gasteiger partial charge in [0.1, 0.15) is 5.75 Å². The maximum absolute atomic E-state index is 9.90. The second-order valence-corrected chi connectivity index (χ2v) is 3.56. The molecule has 2 heteroatoms. The van der Waals surface area contributed by atoms with E-state index >= 15 is 0 Å². The van der Waals surface area contributed by atoms with Crippen LogP contribution in [0.25, 0.3) is 17.3 Å². The van der Waals surface area contributed by atoms with E-state index in [4.69, 9.17) is 0 Å². The number of aromatic hydroxyl groups is 1. The van der Waals surface area contributed by atoms with Crippen LogP contribution >= 0.6 is 0 Å². The van der Waals surface area contributed by atoms with Gasteiger partial charge in [-0.25, -0.2) is 0 Å². The van der Waals surface area contributed by atoms with Crippen molar-refractivity contribution < 1.29 is 5.11 Å². The Kier molecular flexibility index (Phi) is 1.84. The third-order valence-corrected chi connectivity index (χ3v) is 2.58. The van der Waals surface area contributed by atoms with Gasteiger partial charge in [0.2, 0.25) is 0 Å². The topological polar surface area (TPSA) is 36.0 Å². The maximum atomic E-state index is 9.90. The Morgan fingerprint density at radius 1 is 1.43 bits per heavy atom. The molecule has 2 nitrogen and oxygen atoms in total. The molecule has 2 N–H and O–H groups in total. The summed E-state index contributed by atoms with van der Waals surface area (Å²) in [6.07, 6.45) is 3.62. The van der Waals surface area contributed by atoms with Crippen molar-refractivity contribution in [2.24, 2.45) is 0 Å².